The molecule has 0 aromatic carbocycles. The summed E-state index contributed by atoms with van der Waals surface area (Å²) in [5.41, 5.74) is 0. The highest BCUT2D eigenvalue weighted by Gasteiger charge is 2.25. The number of Topliss-reactive ketones (excluding diaryl/α,β-unsaturated/α-hetero) is 1. The molecule has 1 aromatic heterocycles. The lowest BCUT2D eigenvalue weighted by atomic mass is 9.91. The lowest BCUT2D eigenvalue weighted by Crippen LogP contribution is -2.27. The minimum absolute atomic E-state index is 0.0160. The number of carbonyl (C=O) groups excluding carboxylic acids is 1. The summed E-state index contributed by atoms with van der Waals surface area (Å²) in [5.74, 6) is 0.852. The first-order chi connectivity index (χ1) is 8.56. The third kappa shape index (κ3) is 3.75. The van der Waals surface area contributed by atoms with Gasteiger partial charge >= 0.3 is 0 Å². The molecule has 1 heterocycles. The lowest BCUT2D eigenvalue weighted by molar-refractivity contribution is 0.102. The van der Waals surface area contributed by atoms with Crippen LogP contribution in [0.5, 0.6) is 0 Å². The lowest BCUT2D eigenvalue weighted by Gasteiger charge is -2.25. The molecule has 0 saturated heterocycles. The van der Waals surface area contributed by atoms with Gasteiger partial charge < -0.3 is 0 Å². The average Bonchev–Trinajstić information content (AvgIpc) is 2.76. The minimum Gasteiger partial charge on any atom is -0.292 e. The van der Waals surface area contributed by atoms with Gasteiger partial charge in [0.2, 0.25) is 0 Å². The zero-order valence-electron chi connectivity index (χ0n) is 10.4. The number of halogens is 1. The van der Waals surface area contributed by atoms with E-state index in [0.717, 1.165) is 23.0 Å². The molecule has 3 atom stereocenters. The highest BCUT2D eigenvalue weighted by molar-refractivity contribution is 9.11. The number of hydrogen-bond acceptors (Lipinski definition) is 3. The van der Waals surface area contributed by atoms with Crippen molar-refractivity contribution in [3.05, 3.63) is 20.8 Å². The number of hydrogen-bond donors (Lipinski definition) is 0. The molecule has 1 aliphatic rings. The van der Waals surface area contributed by atoms with Gasteiger partial charge in [0, 0.05) is 16.0 Å². The van der Waals surface area contributed by atoms with Crippen molar-refractivity contribution in [1.29, 1.82) is 0 Å². The minimum atomic E-state index is -1.01. The normalized spacial score (nSPS) is 25.9. The number of rotatable bonds is 4. The maximum atomic E-state index is 12.2. The average molecular weight is 349 g/mol. The molecule has 2 nitrogen and oxygen atoms in total. The monoisotopic (exact) mass is 348 g/mol. The van der Waals surface area contributed by atoms with E-state index in [2.05, 4.69) is 22.9 Å². The molecule has 0 amide bonds. The third-order valence-corrected chi connectivity index (χ3v) is 6.76. The molecule has 3 unspecified atom stereocenters. The fourth-order valence-electron chi connectivity index (χ4n) is 2.40. The number of thiophene rings is 1. The Kier molecular flexibility index (Phi) is 5.15. The third-order valence-electron chi connectivity index (χ3n) is 3.38. The van der Waals surface area contributed by atoms with E-state index in [0.29, 0.717) is 10.8 Å². The van der Waals surface area contributed by atoms with Gasteiger partial charge in [-0.15, -0.1) is 11.3 Å². The van der Waals surface area contributed by atoms with Crippen LogP contribution in [0.4, 0.5) is 0 Å². The van der Waals surface area contributed by atoms with E-state index < -0.39 is 10.8 Å². The van der Waals surface area contributed by atoms with Gasteiger partial charge in [-0.25, -0.2) is 0 Å². The van der Waals surface area contributed by atoms with Crippen molar-refractivity contribution < 1.29 is 9.00 Å². The second-order valence-corrected chi connectivity index (χ2v) is 9.13. The Morgan fingerprint density at radius 3 is 2.89 bits per heavy atom. The van der Waals surface area contributed by atoms with E-state index in [-0.39, 0.29) is 16.8 Å². The molecule has 1 fully saturated rings. The van der Waals surface area contributed by atoms with Crippen molar-refractivity contribution in [3.8, 4) is 0 Å². The fourth-order valence-corrected chi connectivity index (χ4v) is 5.44. The Morgan fingerprint density at radius 2 is 2.28 bits per heavy atom. The second-order valence-electron chi connectivity index (χ2n) is 4.95. The SMILES string of the molecule is CC1CCCC(S(=O)CC(=O)c2ccc(Br)s2)C1. The van der Waals surface area contributed by atoms with Crippen molar-refractivity contribution in [2.75, 3.05) is 5.75 Å². The zero-order valence-corrected chi connectivity index (χ0v) is 13.6. The van der Waals surface area contributed by atoms with Crippen LogP contribution in [0.25, 0.3) is 0 Å². The molecule has 0 aliphatic heterocycles. The Hall–Kier alpha value is -0.0000000000000000833. The maximum Gasteiger partial charge on any atom is 0.185 e. The topological polar surface area (TPSA) is 34.1 Å². The van der Waals surface area contributed by atoms with Crippen molar-refractivity contribution in [3.63, 3.8) is 0 Å². The summed E-state index contributed by atoms with van der Waals surface area (Å²) in [7, 11) is -1.01. The Bertz CT molecular complexity index is 456. The first kappa shape index (κ1) is 14.4. The highest BCUT2D eigenvalue weighted by atomic mass is 79.9. The first-order valence-electron chi connectivity index (χ1n) is 6.22. The highest BCUT2D eigenvalue weighted by Crippen LogP contribution is 2.28. The molecular formula is C13H17BrO2S2. The van der Waals surface area contributed by atoms with Crippen LogP contribution in [-0.4, -0.2) is 21.0 Å². The molecule has 0 radical (unpaired) electrons. The van der Waals surface area contributed by atoms with Crippen LogP contribution in [-0.2, 0) is 10.8 Å². The van der Waals surface area contributed by atoms with Gasteiger partial charge in [-0.05, 0) is 46.8 Å². The Balaban J connectivity index is 1.92. The van der Waals surface area contributed by atoms with E-state index in [9.17, 15) is 9.00 Å². The fraction of sp³-hybridized carbons (Fsp3) is 0.615. The van der Waals surface area contributed by atoms with Gasteiger partial charge in [0.15, 0.2) is 5.78 Å². The smallest absolute Gasteiger partial charge is 0.185 e. The summed E-state index contributed by atoms with van der Waals surface area (Å²) >= 11 is 4.76. The van der Waals surface area contributed by atoms with Crippen molar-refractivity contribution in [2.45, 2.75) is 37.9 Å². The van der Waals surface area contributed by atoms with Crippen LogP contribution < -0.4 is 0 Å². The molecule has 0 spiro atoms. The summed E-state index contributed by atoms with van der Waals surface area (Å²) in [6.07, 6.45) is 4.40. The van der Waals surface area contributed by atoms with E-state index in [1.54, 1.807) is 6.07 Å². The van der Waals surface area contributed by atoms with Crippen molar-refractivity contribution in [2.24, 2.45) is 5.92 Å². The molecule has 100 valence electrons. The van der Waals surface area contributed by atoms with Gasteiger partial charge in [-0.1, -0.05) is 19.8 Å². The molecular weight excluding hydrogens is 332 g/mol. The summed E-state index contributed by atoms with van der Waals surface area (Å²) < 4.78 is 13.2. The van der Waals surface area contributed by atoms with Crippen LogP contribution in [0.2, 0.25) is 0 Å². The molecule has 5 heteroatoms. The molecule has 1 aliphatic carbocycles. The maximum absolute atomic E-state index is 12.2. The van der Waals surface area contributed by atoms with Gasteiger partial charge in [0.1, 0.15) is 0 Å². The summed E-state index contributed by atoms with van der Waals surface area (Å²) in [4.78, 5) is 12.7. The quantitative estimate of drug-likeness (QED) is 0.770. The molecule has 2 rings (SSSR count). The van der Waals surface area contributed by atoms with Crippen molar-refractivity contribution >= 4 is 43.8 Å². The van der Waals surface area contributed by atoms with Gasteiger partial charge in [0.25, 0.3) is 0 Å². The van der Waals surface area contributed by atoms with E-state index in [1.807, 2.05) is 6.07 Å². The molecule has 18 heavy (non-hydrogen) atoms. The largest absolute Gasteiger partial charge is 0.292 e. The Morgan fingerprint density at radius 1 is 1.50 bits per heavy atom. The molecule has 1 saturated carbocycles. The van der Waals surface area contributed by atoms with Gasteiger partial charge in [-0.2, -0.15) is 0 Å². The number of carbonyl (C=O) groups is 1. The van der Waals surface area contributed by atoms with Crippen LogP contribution in [0.15, 0.2) is 15.9 Å². The number of ketones is 1. The van der Waals surface area contributed by atoms with Crippen LogP contribution in [0.3, 0.4) is 0 Å². The van der Waals surface area contributed by atoms with Crippen molar-refractivity contribution in [1.82, 2.24) is 0 Å². The summed E-state index contributed by atoms with van der Waals surface area (Å²) in [6.45, 7) is 2.21. The van der Waals surface area contributed by atoms with Crippen LogP contribution >= 0.6 is 27.3 Å². The van der Waals surface area contributed by atoms with Crippen LogP contribution in [0, 0.1) is 5.92 Å². The molecule has 0 N–H and O–H groups in total. The molecule has 0 bridgehead atoms. The van der Waals surface area contributed by atoms with Gasteiger partial charge in [0.05, 0.1) is 14.4 Å². The molecule has 1 aromatic rings. The van der Waals surface area contributed by atoms with E-state index in [4.69, 9.17) is 0 Å². The summed E-state index contributed by atoms with van der Waals surface area (Å²) in [5, 5.41) is 0.223. The Labute approximate surface area is 123 Å². The second kappa shape index (κ2) is 6.44. The predicted molar refractivity (Wildman–Crippen MR) is 80.8 cm³/mol. The summed E-state index contributed by atoms with van der Waals surface area (Å²) in [6, 6.07) is 3.67. The van der Waals surface area contributed by atoms with Gasteiger partial charge in [-0.3, -0.25) is 9.00 Å². The predicted octanol–water partition coefficient (Wildman–Crippen LogP) is 4.02. The zero-order chi connectivity index (χ0) is 13.1. The standard InChI is InChI=1S/C13H17BrO2S2/c1-9-3-2-4-10(7-9)18(16)8-11(15)12-5-6-13(14)17-12/h5-6,9-10H,2-4,7-8H2,1H3. The van der Waals surface area contributed by atoms with Crippen LogP contribution in [0.1, 0.15) is 42.3 Å². The van der Waals surface area contributed by atoms with E-state index >= 15 is 0 Å². The van der Waals surface area contributed by atoms with E-state index in [1.165, 1.54) is 17.8 Å². The first-order valence-corrected chi connectivity index (χ1v) is 9.21.